The minimum atomic E-state index is -0.344. The van der Waals surface area contributed by atoms with E-state index in [1.165, 1.54) is 23.1 Å². The maximum absolute atomic E-state index is 12.8. The molecule has 0 saturated carbocycles. The van der Waals surface area contributed by atoms with Gasteiger partial charge in [-0.25, -0.2) is 0 Å². The summed E-state index contributed by atoms with van der Waals surface area (Å²) < 4.78 is 2.41. The van der Waals surface area contributed by atoms with Gasteiger partial charge in [0.1, 0.15) is 0 Å². The van der Waals surface area contributed by atoms with Crippen molar-refractivity contribution in [2.45, 2.75) is 6.92 Å². The second-order valence-electron chi connectivity index (χ2n) is 6.01. The normalized spacial score (nSPS) is 15.9. The van der Waals surface area contributed by atoms with E-state index in [1.807, 2.05) is 49.7 Å². The van der Waals surface area contributed by atoms with E-state index >= 15 is 0 Å². The third kappa shape index (κ3) is 3.09. The van der Waals surface area contributed by atoms with Gasteiger partial charge in [-0.15, -0.1) is 11.3 Å². The minimum absolute atomic E-state index is 0.314. The summed E-state index contributed by atoms with van der Waals surface area (Å²) in [7, 11) is 2.00. The fourth-order valence-electron chi connectivity index (χ4n) is 2.99. The Morgan fingerprint density at radius 2 is 2.00 bits per heavy atom. The number of thiophene rings is 1. The maximum Gasteiger partial charge on any atom is 0.285 e. The van der Waals surface area contributed by atoms with Crippen LogP contribution < -0.4 is 5.43 Å². The van der Waals surface area contributed by atoms with Crippen molar-refractivity contribution in [1.82, 2.24) is 15.0 Å². The van der Waals surface area contributed by atoms with Crippen LogP contribution in [0, 0.1) is 6.92 Å². The van der Waals surface area contributed by atoms with Gasteiger partial charge < -0.3 is 4.57 Å². The number of rotatable bonds is 3. The molecule has 1 N–H and O–H groups in total. The third-order valence-corrected chi connectivity index (χ3v) is 6.65. The highest BCUT2D eigenvalue weighted by atomic mass is 32.2. The lowest BCUT2D eigenvalue weighted by Crippen LogP contribution is -2.44. The molecule has 3 aromatic rings. The highest BCUT2D eigenvalue weighted by Crippen LogP contribution is 2.34. The molecule has 2 amide bonds. The molecule has 8 heteroatoms. The van der Waals surface area contributed by atoms with Crippen LogP contribution in [0.15, 0.2) is 46.7 Å². The largest absolute Gasteiger partial charge is 0.347 e. The first-order valence-corrected chi connectivity index (χ1v) is 10.2. The number of aromatic nitrogens is 1. The van der Waals surface area contributed by atoms with E-state index in [4.69, 9.17) is 12.2 Å². The van der Waals surface area contributed by atoms with Gasteiger partial charge in [0.25, 0.3) is 11.8 Å². The Morgan fingerprint density at radius 3 is 2.74 bits per heavy atom. The molecule has 136 valence electrons. The number of benzene rings is 1. The summed E-state index contributed by atoms with van der Waals surface area (Å²) in [6, 6.07) is 11.5. The maximum atomic E-state index is 12.8. The number of nitrogens with zero attached hydrogens (tertiary/aromatic N) is 2. The molecule has 4 rings (SSSR count). The van der Waals surface area contributed by atoms with E-state index in [-0.39, 0.29) is 11.8 Å². The first-order valence-electron chi connectivity index (χ1n) is 8.14. The van der Waals surface area contributed by atoms with Gasteiger partial charge in [-0.05, 0) is 42.7 Å². The Bertz CT molecular complexity index is 1110. The summed E-state index contributed by atoms with van der Waals surface area (Å²) in [6.45, 7) is 2.02. The van der Waals surface area contributed by atoms with Crippen LogP contribution in [0.1, 0.15) is 20.9 Å². The molecule has 0 radical (unpaired) electrons. The van der Waals surface area contributed by atoms with Gasteiger partial charge in [0.2, 0.25) is 0 Å². The van der Waals surface area contributed by atoms with Gasteiger partial charge >= 0.3 is 0 Å². The lowest BCUT2D eigenvalue weighted by molar-refractivity contribution is -0.123. The molecule has 3 heterocycles. The van der Waals surface area contributed by atoms with Crippen LogP contribution in [0.3, 0.4) is 0 Å². The Morgan fingerprint density at radius 1 is 1.22 bits per heavy atom. The predicted octanol–water partition coefficient (Wildman–Crippen LogP) is 4.09. The summed E-state index contributed by atoms with van der Waals surface area (Å²) in [6.07, 6.45) is 1.86. The molecule has 0 atom stereocenters. The lowest BCUT2D eigenvalue weighted by Gasteiger charge is -2.14. The number of hydrazine groups is 1. The Kier molecular flexibility index (Phi) is 4.63. The van der Waals surface area contributed by atoms with Gasteiger partial charge in [0, 0.05) is 29.2 Å². The molecule has 1 fully saturated rings. The monoisotopic (exact) mass is 413 g/mol. The molecule has 1 aromatic carbocycles. The van der Waals surface area contributed by atoms with Gasteiger partial charge in [0.05, 0.1) is 9.78 Å². The zero-order chi connectivity index (χ0) is 19.1. The molecule has 0 aliphatic carbocycles. The van der Waals surface area contributed by atoms with Crippen LogP contribution in [-0.4, -0.2) is 25.7 Å². The van der Waals surface area contributed by atoms with E-state index in [9.17, 15) is 9.59 Å². The molecular weight excluding hydrogens is 398 g/mol. The number of hydrogen-bond acceptors (Lipinski definition) is 5. The van der Waals surface area contributed by atoms with E-state index in [2.05, 4.69) is 9.99 Å². The number of aryl methyl sites for hydroxylation is 1. The summed E-state index contributed by atoms with van der Waals surface area (Å²) in [5, 5.41) is 4.03. The molecule has 27 heavy (non-hydrogen) atoms. The number of carbonyl (C=O) groups is 2. The fourth-order valence-corrected chi connectivity index (χ4v) is 4.77. The van der Waals surface area contributed by atoms with Crippen molar-refractivity contribution in [1.29, 1.82) is 0 Å². The highest BCUT2D eigenvalue weighted by molar-refractivity contribution is 8.26. The van der Waals surface area contributed by atoms with Crippen molar-refractivity contribution in [2.75, 3.05) is 0 Å². The third-order valence-electron chi connectivity index (χ3n) is 4.48. The fraction of sp³-hybridized carbons (Fsp3) is 0.105. The highest BCUT2D eigenvalue weighted by Gasteiger charge is 2.34. The van der Waals surface area contributed by atoms with Crippen molar-refractivity contribution in [2.24, 2.45) is 7.05 Å². The van der Waals surface area contributed by atoms with Crippen LogP contribution in [0.2, 0.25) is 0 Å². The molecular formula is C19H15N3O2S3. The van der Waals surface area contributed by atoms with Crippen LogP contribution in [0.25, 0.3) is 17.0 Å². The number of hydrogen-bond donors (Lipinski definition) is 1. The molecule has 0 bridgehead atoms. The average Bonchev–Trinajstić information content (AvgIpc) is 3.34. The number of thioether (sulfide) groups is 1. The second kappa shape index (κ2) is 6.95. The molecule has 2 aromatic heterocycles. The van der Waals surface area contributed by atoms with E-state index in [1.54, 1.807) is 12.1 Å². The smallest absolute Gasteiger partial charge is 0.285 e. The summed E-state index contributed by atoms with van der Waals surface area (Å²) in [4.78, 5) is 26.1. The first kappa shape index (κ1) is 18.0. The Balaban J connectivity index is 1.66. The molecule has 1 saturated heterocycles. The zero-order valence-electron chi connectivity index (χ0n) is 14.6. The number of fused-ring (bicyclic) bond motifs is 1. The number of amides is 2. The zero-order valence-corrected chi connectivity index (χ0v) is 17.0. The summed E-state index contributed by atoms with van der Waals surface area (Å²) in [5.41, 5.74) is 5.74. The van der Waals surface area contributed by atoms with Gasteiger partial charge in [-0.1, -0.05) is 36.0 Å². The topological polar surface area (TPSA) is 54.3 Å². The molecule has 0 unspecified atom stereocenters. The quantitative estimate of drug-likeness (QED) is 0.519. The van der Waals surface area contributed by atoms with Crippen LogP contribution in [0.4, 0.5) is 0 Å². The SMILES string of the molecule is Cc1c(/C=C2\SC(=S)N(NC(=O)c3cccs3)C2=O)c2ccccc2n1C. The second-order valence-corrected chi connectivity index (χ2v) is 8.63. The van der Waals surface area contributed by atoms with E-state index in [0.717, 1.165) is 27.2 Å². The van der Waals surface area contributed by atoms with Gasteiger partial charge in [-0.2, -0.15) is 5.01 Å². The summed E-state index contributed by atoms with van der Waals surface area (Å²) in [5.74, 6) is -0.661. The average molecular weight is 414 g/mol. The standard InChI is InChI=1S/C19H15N3O2S3/c1-11-13(12-6-3-4-7-14(12)21(11)2)10-16-18(24)22(19(25)27-16)20-17(23)15-8-5-9-26-15/h3-10H,1-2H3,(H,20,23)/b16-10-. The molecule has 1 aliphatic heterocycles. The van der Waals surface area contributed by atoms with Gasteiger partial charge in [0.15, 0.2) is 4.32 Å². The van der Waals surface area contributed by atoms with Crippen LogP contribution >= 0.6 is 35.3 Å². The van der Waals surface area contributed by atoms with E-state index < -0.39 is 0 Å². The van der Waals surface area contributed by atoms with Gasteiger partial charge in [-0.3, -0.25) is 15.0 Å². The van der Waals surface area contributed by atoms with Crippen molar-refractivity contribution in [3.63, 3.8) is 0 Å². The summed E-state index contributed by atoms with van der Waals surface area (Å²) >= 11 is 7.80. The molecule has 0 spiro atoms. The van der Waals surface area contributed by atoms with Crippen molar-refractivity contribution < 1.29 is 9.59 Å². The van der Waals surface area contributed by atoms with Crippen molar-refractivity contribution in [3.8, 4) is 0 Å². The number of carbonyl (C=O) groups excluding carboxylic acids is 2. The number of para-hydroxylation sites is 1. The predicted molar refractivity (Wildman–Crippen MR) is 114 cm³/mol. The minimum Gasteiger partial charge on any atom is -0.347 e. The van der Waals surface area contributed by atoms with Crippen LogP contribution in [-0.2, 0) is 11.8 Å². The molecule has 1 aliphatic rings. The first-order chi connectivity index (χ1) is 13.0. The van der Waals surface area contributed by atoms with Crippen molar-refractivity contribution in [3.05, 3.63) is 62.8 Å². The van der Waals surface area contributed by atoms with E-state index in [0.29, 0.717) is 14.1 Å². The number of thiocarbonyl (C=S) groups is 1. The van der Waals surface area contributed by atoms with Crippen molar-refractivity contribution >= 4 is 68.4 Å². The number of nitrogens with one attached hydrogen (secondary N) is 1. The lowest BCUT2D eigenvalue weighted by atomic mass is 10.1. The molecule has 5 nitrogen and oxygen atoms in total. The van der Waals surface area contributed by atoms with Crippen LogP contribution in [0.5, 0.6) is 0 Å². The Hall–Kier alpha value is -2.42. The Labute approximate surface area is 169 Å².